The molecule has 96 valence electrons. The van der Waals surface area contributed by atoms with Crippen molar-refractivity contribution in [1.82, 2.24) is 5.32 Å². The Morgan fingerprint density at radius 2 is 2.22 bits per heavy atom. The molecule has 2 nitrogen and oxygen atoms in total. The van der Waals surface area contributed by atoms with Gasteiger partial charge >= 0.3 is 0 Å². The van der Waals surface area contributed by atoms with Crippen LogP contribution in [0.2, 0.25) is 4.34 Å². The Labute approximate surface area is 116 Å². The zero-order valence-electron chi connectivity index (χ0n) is 10.4. The van der Waals surface area contributed by atoms with Crippen LogP contribution in [0.5, 0.6) is 0 Å². The number of hydrogen-bond acceptors (Lipinski definition) is 3. The largest absolute Gasteiger partial charge is 0.467 e. The van der Waals surface area contributed by atoms with Crippen LogP contribution in [0.3, 0.4) is 0 Å². The SMILES string of the molecule is CC1(C)CC1NC(c1ccco1)c1ccc(Cl)s1. The molecule has 1 saturated carbocycles. The molecule has 0 aliphatic heterocycles. The van der Waals surface area contributed by atoms with E-state index in [0.717, 1.165) is 10.1 Å². The van der Waals surface area contributed by atoms with E-state index in [2.05, 4.69) is 25.2 Å². The van der Waals surface area contributed by atoms with E-state index in [4.69, 9.17) is 16.0 Å². The highest BCUT2D eigenvalue weighted by molar-refractivity contribution is 7.16. The summed E-state index contributed by atoms with van der Waals surface area (Å²) in [5.74, 6) is 0.955. The maximum Gasteiger partial charge on any atom is 0.126 e. The van der Waals surface area contributed by atoms with Gasteiger partial charge in [0.2, 0.25) is 0 Å². The van der Waals surface area contributed by atoms with Crippen molar-refractivity contribution in [2.45, 2.75) is 32.4 Å². The highest BCUT2D eigenvalue weighted by Gasteiger charge is 2.47. The van der Waals surface area contributed by atoms with Crippen LogP contribution in [-0.4, -0.2) is 6.04 Å². The number of rotatable bonds is 4. The second kappa shape index (κ2) is 4.41. The van der Waals surface area contributed by atoms with Gasteiger partial charge in [0.15, 0.2) is 0 Å². The molecular weight excluding hydrogens is 266 g/mol. The third-order valence-electron chi connectivity index (χ3n) is 3.59. The molecule has 1 fully saturated rings. The lowest BCUT2D eigenvalue weighted by atomic mass is 10.1. The summed E-state index contributed by atoms with van der Waals surface area (Å²) >= 11 is 7.64. The molecule has 2 aromatic heterocycles. The average Bonchev–Trinajstić information content (AvgIpc) is 2.81. The molecule has 0 radical (unpaired) electrons. The first-order valence-corrected chi connectivity index (χ1v) is 7.30. The second-order valence-corrected chi connectivity index (χ2v) is 7.25. The summed E-state index contributed by atoms with van der Waals surface area (Å²) in [7, 11) is 0. The fraction of sp³-hybridized carbons (Fsp3) is 0.429. The summed E-state index contributed by atoms with van der Waals surface area (Å²) in [4.78, 5) is 1.21. The number of halogens is 1. The highest BCUT2D eigenvalue weighted by atomic mass is 35.5. The fourth-order valence-electron chi connectivity index (χ4n) is 2.20. The van der Waals surface area contributed by atoms with Gasteiger partial charge in [-0.2, -0.15) is 0 Å². The van der Waals surface area contributed by atoms with Gasteiger partial charge in [-0.15, -0.1) is 11.3 Å². The maximum absolute atomic E-state index is 6.03. The van der Waals surface area contributed by atoms with E-state index in [9.17, 15) is 0 Å². The van der Waals surface area contributed by atoms with Crippen LogP contribution in [0.15, 0.2) is 34.9 Å². The molecule has 1 N–H and O–H groups in total. The summed E-state index contributed by atoms with van der Waals surface area (Å²) in [6.07, 6.45) is 2.93. The van der Waals surface area contributed by atoms with Crippen LogP contribution in [0.4, 0.5) is 0 Å². The van der Waals surface area contributed by atoms with E-state index in [1.807, 2.05) is 18.2 Å². The van der Waals surface area contributed by atoms with Gasteiger partial charge in [0.05, 0.1) is 10.6 Å². The minimum absolute atomic E-state index is 0.115. The summed E-state index contributed by atoms with van der Waals surface area (Å²) < 4.78 is 6.38. The maximum atomic E-state index is 6.03. The van der Waals surface area contributed by atoms with E-state index in [1.165, 1.54) is 11.3 Å². The predicted octanol–water partition coefficient (Wildman–Crippen LogP) is 4.47. The first-order valence-electron chi connectivity index (χ1n) is 6.11. The van der Waals surface area contributed by atoms with E-state index in [0.29, 0.717) is 11.5 Å². The Balaban J connectivity index is 1.85. The molecule has 2 aromatic rings. The molecule has 0 saturated heterocycles. The van der Waals surface area contributed by atoms with Gasteiger partial charge < -0.3 is 4.42 Å². The van der Waals surface area contributed by atoms with Gasteiger partial charge in [-0.1, -0.05) is 25.4 Å². The average molecular weight is 282 g/mol. The third-order valence-corrected chi connectivity index (χ3v) is 4.88. The Morgan fingerprint density at radius 3 is 2.72 bits per heavy atom. The summed E-state index contributed by atoms with van der Waals surface area (Å²) in [5.41, 5.74) is 0.395. The molecule has 3 rings (SSSR count). The second-order valence-electron chi connectivity index (χ2n) is 5.50. The molecule has 0 bridgehead atoms. The third kappa shape index (κ3) is 2.35. The van der Waals surface area contributed by atoms with Gasteiger partial charge in [-0.3, -0.25) is 5.32 Å². The number of furan rings is 1. The Morgan fingerprint density at radius 1 is 1.44 bits per heavy atom. The van der Waals surface area contributed by atoms with Crippen LogP contribution in [0.25, 0.3) is 0 Å². The van der Waals surface area contributed by atoms with Crippen LogP contribution >= 0.6 is 22.9 Å². The summed E-state index contributed by atoms with van der Waals surface area (Å²) in [6.45, 7) is 4.57. The molecule has 4 heteroatoms. The molecule has 18 heavy (non-hydrogen) atoms. The van der Waals surface area contributed by atoms with E-state index in [1.54, 1.807) is 17.6 Å². The standard InChI is InChI=1S/C14H16ClNOS/c1-14(2)8-11(14)16-13(9-4-3-7-17-9)10-5-6-12(15)18-10/h3-7,11,13,16H,8H2,1-2H3. The molecular formula is C14H16ClNOS. The Kier molecular flexibility index (Phi) is 3.00. The number of nitrogens with one attached hydrogen (secondary N) is 1. The quantitative estimate of drug-likeness (QED) is 0.894. The lowest BCUT2D eigenvalue weighted by Crippen LogP contribution is -2.26. The summed E-state index contributed by atoms with van der Waals surface area (Å²) in [5, 5.41) is 3.67. The van der Waals surface area contributed by atoms with Gasteiger partial charge in [-0.25, -0.2) is 0 Å². The molecule has 1 aliphatic carbocycles. The van der Waals surface area contributed by atoms with E-state index >= 15 is 0 Å². The van der Waals surface area contributed by atoms with Gasteiger partial charge in [-0.05, 0) is 36.1 Å². The zero-order valence-corrected chi connectivity index (χ0v) is 12.0. The van der Waals surface area contributed by atoms with Crippen molar-refractivity contribution in [3.63, 3.8) is 0 Å². The number of thiophene rings is 1. The first-order chi connectivity index (χ1) is 8.56. The van der Waals surface area contributed by atoms with Crippen molar-refractivity contribution in [3.8, 4) is 0 Å². The Bertz CT molecular complexity index is 532. The fourth-order valence-corrected chi connectivity index (χ4v) is 3.33. The Hall–Kier alpha value is -0.770. The lowest BCUT2D eigenvalue weighted by Gasteiger charge is -2.16. The van der Waals surface area contributed by atoms with Crippen LogP contribution in [-0.2, 0) is 0 Å². The van der Waals surface area contributed by atoms with Crippen LogP contribution < -0.4 is 5.32 Å². The smallest absolute Gasteiger partial charge is 0.126 e. The predicted molar refractivity (Wildman–Crippen MR) is 75.2 cm³/mol. The highest BCUT2D eigenvalue weighted by Crippen LogP contribution is 2.46. The molecule has 1 aliphatic rings. The molecule has 0 spiro atoms. The van der Waals surface area contributed by atoms with Crippen LogP contribution in [0.1, 0.15) is 36.9 Å². The van der Waals surface area contributed by atoms with Crippen molar-refractivity contribution in [2.75, 3.05) is 0 Å². The van der Waals surface area contributed by atoms with Crippen molar-refractivity contribution < 1.29 is 4.42 Å². The van der Waals surface area contributed by atoms with Crippen molar-refractivity contribution >= 4 is 22.9 Å². The van der Waals surface area contributed by atoms with E-state index < -0.39 is 0 Å². The molecule has 0 aromatic carbocycles. The van der Waals surface area contributed by atoms with Crippen molar-refractivity contribution in [1.29, 1.82) is 0 Å². The van der Waals surface area contributed by atoms with Gasteiger partial charge in [0.1, 0.15) is 11.8 Å². The van der Waals surface area contributed by atoms with Gasteiger partial charge in [0.25, 0.3) is 0 Å². The number of hydrogen-bond donors (Lipinski definition) is 1. The lowest BCUT2D eigenvalue weighted by molar-refractivity contribution is 0.428. The zero-order chi connectivity index (χ0) is 12.8. The van der Waals surface area contributed by atoms with Crippen molar-refractivity contribution in [3.05, 3.63) is 45.5 Å². The minimum Gasteiger partial charge on any atom is -0.467 e. The topological polar surface area (TPSA) is 25.2 Å². The van der Waals surface area contributed by atoms with Gasteiger partial charge in [0, 0.05) is 10.9 Å². The normalized spacial score (nSPS) is 22.9. The van der Waals surface area contributed by atoms with Crippen LogP contribution in [0, 0.1) is 5.41 Å². The molecule has 2 unspecified atom stereocenters. The molecule has 2 atom stereocenters. The van der Waals surface area contributed by atoms with Crippen molar-refractivity contribution in [2.24, 2.45) is 5.41 Å². The molecule has 2 heterocycles. The van der Waals surface area contributed by atoms with E-state index in [-0.39, 0.29) is 6.04 Å². The summed E-state index contributed by atoms with van der Waals surface area (Å²) in [6, 6.07) is 8.62. The molecule has 0 amide bonds. The first kappa shape index (κ1) is 12.3. The monoisotopic (exact) mass is 281 g/mol. The minimum atomic E-state index is 0.115.